The van der Waals surface area contributed by atoms with Gasteiger partial charge in [-0.1, -0.05) is 0 Å². The lowest BCUT2D eigenvalue weighted by molar-refractivity contribution is 0.415. The molecule has 2 rings (SSSR count). The third-order valence-electron chi connectivity index (χ3n) is 2.21. The van der Waals surface area contributed by atoms with Crippen molar-refractivity contribution < 1.29 is 4.74 Å². The Bertz CT molecular complexity index is 482. The third-order valence-corrected chi connectivity index (χ3v) is 2.21. The van der Waals surface area contributed by atoms with Crippen LogP contribution in [-0.2, 0) is 0 Å². The van der Waals surface area contributed by atoms with Crippen LogP contribution >= 0.6 is 0 Å². The first-order valence-corrected chi connectivity index (χ1v) is 4.77. The Morgan fingerprint density at radius 2 is 2.20 bits per heavy atom. The average molecular weight is 203 g/mol. The Morgan fingerprint density at radius 3 is 2.87 bits per heavy atom. The highest BCUT2D eigenvalue weighted by Crippen LogP contribution is 2.19. The smallest absolute Gasteiger partial charge is 0.145 e. The van der Waals surface area contributed by atoms with Crippen LogP contribution < -0.4 is 10.5 Å². The van der Waals surface area contributed by atoms with Crippen molar-refractivity contribution in [3.05, 3.63) is 30.2 Å². The first-order valence-electron chi connectivity index (χ1n) is 4.77. The molecule has 0 aliphatic heterocycles. The lowest BCUT2D eigenvalue weighted by Gasteiger charge is -2.05. The van der Waals surface area contributed by atoms with Gasteiger partial charge < -0.3 is 10.5 Å². The van der Waals surface area contributed by atoms with Gasteiger partial charge in [0.25, 0.3) is 0 Å². The van der Waals surface area contributed by atoms with Gasteiger partial charge in [-0.3, -0.25) is 0 Å². The number of hydrogen-bond donors (Lipinski definition) is 1. The highest BCUT2D eigenvalue weighted by atomic mass is 16.5. The van der Waals surface area contributed by atoms with Gasteiger partial charge in [0, 0.05) is 11.6 Å². The Kier molecular flexibility index (Phi) is 2.51. The molecule has 0 fully saturated rings. The monoisotopic (exact) mass is 203 g/mol. The number of fused-ring (bicyclic) bond motifs is 1. The summed E-state index contributed by atoms with van der Waals surface area (Å²) in [5.41, 5.74) is 6.60. The molecule has 15 heavy (non-hydrogen) atoms. The standard InChI is InChI=1S/C11H13N3O/c1-7(12)11-13-6-8-5-9(15-2)3-4-10(8)14-11/h3-7H,12H2,1-2H3. The van der Waals surface area contributed by atoms with E-state index in [0.717, 1.165) is 16.7 Å². The third kappa shape index (κ3) is 1.89. The van der Waals surface area contributed by atoms with E-state index in [1.165, 1.54) is 0 Å². The molecular weight excluding hydrogens is 190 g/mol. The number of benzene rings is 1. The van der Waals surface area contributed by atoms with E-state index in [9.17, 15) is 0 Å². The summed E-state index contributed by atoms with van der Waals surface area (Å²) in [6.07, 6.45) is 1.77. The van der Waals surface area contributed by atoms with Crippen molar-refractivity contribution in [2.45, 2.75) is 13.0 Å². The van der Waals surface area contributed by atoms with E-state index in [1.54, 1.807) is 13.3 Å². The maximum atomic E-state index is 5.71. The highest BCUT2D eigenvalue weighted by molar-refractivity contribution is 5.79. The van der Waals surface area contributed by atoms with Gasteiger partial charge in [0.05, 0.1) is 18.7 Å². The number of methoxy groups -OCH3 is 1. The lowest BCUT2D eigenvalue weighted by Crippen LogP contribution is -2.09. The first-order chi connectivity index (χ1) is 7.20. The van der Waals surface area contributed by atoms with E-state index >= 15 is 0 Å². The van der Waals surface area contributed by atoms with E-state index < -0.39 is 0 Å². The van der Waals surface area contributed by atoms with E-state index in [-0.39, 0.29) is 6.04 Å². The Hall–Kier alpha value is -1.68. The summed E-state index contributed by atoms with van der Waals surface area (Å²) in [5, 5.41) is 0.957. The minimum atomic E-state index is -0.142. The summed E-state index contributed by atoms with van der Waals surface area (Å²) >= 11 is 0. The van der Waals surface area contributed by atoms with Crippen LogP contribution in [0, 0.1) is 0 Å². The summed E-state index contributed by atoms with van der Waals surface area (Å²) in [5.74, 6) is 1.47. The predicted molar refractivity (Wildman–Crippen MR) is 58.7 cm³/mol. The first kappa shape index (κ1) is 9.86. The predicted octanol–water partition coefficient (Wildman–Crippen LogP) is 1.66. The van der Waals surface area contributed by atoms with E-state index in [0.29, 0.717) is 5.82 Å². The van der Waals surface area contributed by atoms with Crippen molar-refractivity contribution in [2.75, 3.05) is 7.11 Å². The number of ether oxygens (including phenoxy) is 1. The van der Waals surface area contributed by atoms with Crippen molar-refractivity contribution >= 4 is 10.9 Å². The second kappa shape index (κ2) is 3.82. The molecule has 0 radical (unpaired) electrons. The van der Waals surface area contributed by atoms with Crippen molar-refractivity contribution in [2.24, 2.45) is 5.73 Å². The minimum Gasteiger partial charge on any atom is -0.497 e. The second-order valence-electron chi connectivity index (χ2n) is 3.44. The zero-order valence-corrected chi connectivity index (χ0v) is 8.77. The Morgan fingerprint density at radius 1 is 1.40 bits per heavy atom. The zero-order valence-electron chi connectivity index (χ0n) is 8.77. The average Bonchev–Trinajstić information content (AvgIpc) is 2.27. The summed E-state index contributed by atoms with van der Waals surface area (Å²) in [6, 6.07) is 5.54. The van der Waals surface area contributed by atoms with Crippen LogP contribution in [0.25, 0.3) is 10.9 Å². The van der Waals surface area contributed by atoms with Gasteiger partial charge in [-0.05, 0) is 25.1 Å². The molecule has 0 aliphatic carbocycles. The number of aromatic nitrogens is 2. The van der Waals surface area contributed by atoms with Gasteiger partial charge in [0.1, 0.15) is 11.6 Å². The van der Waals surface area contributed by atoms with Crippen molar-refractivity contribution in [3.8, 4) is 5.75 Å². The van der Waals surface area contributed by atoms with Crippen LogP contribution in [0.1, 0.15) is 18.8 Å². The maximum absolute atomic E-state index is 5.71. The van der Waals surface area contributed by atoms with Crippen LogP contribution in [0.3, 0.4) is 0 Å². The fourth-order valence-corrected chi connectivity index (χ4v) is 1.37. The number of rotatable bonds is 2. The van der Waals surface area contributed by atoms with Gasteiger partial charge in [0.2, 0.25) is 0 Å². The number of nitrogens with two attached hydrogens (primary N) is 1. The number of hydrogen-bond acceptors (Lipinski definition) is 4. The normalized spacial score (nSPS) is 12.7. The molecule has 0 saturated carbocycles. The molecule has 4 nitrogen and oxygen atoms in total. The molecule has 1 heterocycles. The highest BCUT2D eigenvalue weighted by Gasteiger charge is 2.04. The molecule has 1 aromatic carbocycles. The van der Waals surface area contributed by atoms with Crippen LogP contribution in [-0.4, -0.2) is 17.1 Å². The van der Waals surface area contributed by atoms with Crippen LogP contribution in [0.2, 0.25) is 0 Å². The SMILES string of the molecule is COc1ccc2nc(C(C)N)ncc2c1. The summed E-state index contributed by atoms with van der Waals surface area (Å²) in [6.45, 7) is 1.87. The molecule has 0 bridgehead atoms. The summed E-state index contributed by atoms with van der Waals surface area (Å²) < 4.78 is 5.12. The molecule has 1 aromatic heterocycles. The fraction of sp³-hybridized carbons (Fsp3) is 0.273. The molecule has 0 saturated heterocycles. The second-order valence-corrected chi connectivity index (χ2v) is 3.44. The van der Waals surface area contributed by atoms with Crippen molar-refractivity contribution in [1.82, 2.24) is 9.97 Å². The van der Waals surface area contributed by atoms with Gasteiger partial charge in [-0.15, -0.1) is 0 Å². The molecule has 0 aliphatic rings. The van der Waals surface area contributed by atoms with E-state index in [1.807, 2.05) is 25.1 Å². The summed E-state index contributed by atoms with van der Waals surface area (Å²) in [4.78, 5) is 8.55. The molecule has 0 amide bonds. The van der Waals surface area contributed by atoms with Gasteiger partial charge in [-0.25, -0.2) is 9.97 Å². The van der Waals surface area contributed by atoms with Gasteiger partial charge >= 0.3 is 0 Å². The molecule has 1 unspecified atom stereocenters. The lowest BCUT2D eigenvalue weighted by atomic mass is 10.2. The fourth-order valence-electron chi connectivity index (χ4n) is 1.37. The number of nitrogens with zero attached hydrogens (tertiary/aromatic N) is 2. The molecule has 1 atom stereocenters. The minimum absolute atomic E-state index is 0.142. The summed E-state index contributed by atoms with van der Waals surface area (Å²) in [7, 11) is 1.64. The van der Waals surface area contributed by atoms with Crippen LogP contribution in [0.4, 0.5) is 0 Å². The van der Waals surface area contributed by atoms with Crippen LogP contribution in [0.5, 0.6) is 5.75 Å². The quantitative estimate of drug-likeness (QED) is 0.806. The molecule has 0 spiro atoms. The van der Waals surface area contributed by atoms with E-state index in [2.05, 4.69) is 9.97 Å². The van der Waals surface area contributed by atoms with Gasteiger partial charge in [0.15, 0.2) is 0 Å². The van der Waals surface area contributed by atoms with E-state index in [4.69, 9.17) is 10.5 Å². The molecule has 2 N–H and O–H groups in total. The van der Waals surface area contributed by atoms with Crippen molar-refractivity contribution in [1.29, 1.82) is 0 Å². The van der Waals surface area contributed by atoms with Gasteiger partial charge in [-0.2, -0.15) is 0 Å². The maximum Gasteiger partial charge on any atom is 0.145 e. The Balaban J connectivity index is 2.55. The van der Waals surface area contributed by atoms with Crippen molar-refractivity contribution in [3.63, 3.8) is 0 Å². The Labute approximate surface area is 88.1 Å². The zero-order chi connectivity index (χ0) is 10.8. The van der Waals surface area contributed by atoms with Crippen LogP contribution in [0.15, 0.2) is 24.4 Å². The molecule has 78 valence electrons. The largest absolute Gasteiger partial charge is 0.497 e. The molecule has 4 heteroatoms. The molecular formula is C11H13N3O. The molecule has 2 aromatic rings. The topological polar surface area (TPSA) is 61.0 Å².